The van der Waals surface area contributed by atoms with Gasteiger partial charge in [0.05, 0.1) is 18.7 Å². The zero-order valence-electron chi connectivity index (χ0n) is 14.2. The predicted octanol–water partition coefficient (Wildman–Crippen LogP) is 2.29. The molecule has 132 valence electrons. The van der Waals surface area contributed by atoms with Crippen LogP contribution in [-0.4, -0.2) is 42.2 Å². The number of carbonyl (C=O) groups is 2. The summed E-state index contributed by atoms with van der Waals surface area (Å²) < 4.78 is 10.6. The Labute approximate surface area is 145 Å². The summed E-state index contributed by atoms with van der Waals surface area (Å²) in [5.74, 6) is -0.853. The van der Waals surface area contributed by atoms with Crippen molar-refractivity contribution < 1.29 is 24.2 Å². The Balaban J connectivity index is 2.12. The zero-order valence-corrected chi connectivity index (χ0v) is 14.2. The summed E-state index contributed by atoms with van der Waals surface area (Å²) in [5.41, 5.74) is 0.922. The van der Waals surface area contributed by atoms with Gasteiger partial charge in [0.15, 0.2) is 0 Å². The van der Waals surface area contributed by atoms with Crippen molar-refractivity contribution in [1.82, 2.24) is 10.3 Å². The topological polar surface area (TPSA) is 97.8 Å². The Morgan fingerprint density at radius 2 is 1.84 bits per heavy atom. The van der Waals surface area contributed by atoms with Crippen LogP contribution in [-0.2, 0) is 4.74 Å². The van der Waals surface area contributed by atoms with E-state index in [0.29, 0.717) is 0 Å². The molecule has 0 aliphatic carbocycles. The average Bonchev–Trinajstić information content (AvgIpc) is 2.63. The van der Waals surface area contributed by atoms with Gasteiger partial charge in [-0.15, -0.1) is 0 Å². The highest BCUT2D eigenvalue weighted by molar-refractivity contribution is 5.95. The Morgan fingerprint density at radius 3 is 2.40 bits per heavy atom. The second kappa shape index (κ2) is 8.25. The monoisotopic (exact) mass is 344 g/mol. The highest BCUT2D eigenvalue weighted by atomic mass is 16.5. The Bertz CT molecular complexity index is 745. The summed E-state index contributed by atoms with van der Waals surface area (Å²) in [7, 11) is 3.14. The summed E-state index contributed by atoms with van der Waals surface area (Å²) in [4.78, 5) is 27.3. The smallest absolute Gasteiger partial charge is 0.335 e. The molecule has 0 aliphatic rings. The summed E-state index contributed by atoms with van der Waals surface area (Å²) >= 11 is 0. The molecule has 0 bridgehead atoms. The third-order valence-electron chi connectivity index (χ3n) is 3.75. The van der Waals surface area contributed by atoms with Gasteiger partial charge in [-0.05, 0) is 36.8 Å². The van der Waals surface area contributed by atoms with Gasteiger partial charge in [0, 0.05) is 13.3 Å². The lowest BCUT2D eigenvalue weighted by atomic mass is 10.0. The van der Waals surface area contributed by atoms with Gasteiger partial charge >= 0.3 is 5.97 Å². The van der Waals surface area contributed by atoms with E-state index in [4.69, 9.17) is 14.6 Å². The van der Waals surface area contributed by atoms with Gasteiger partial charge in [-0.1, -0.05) is 12.1 Å². The van der Waals surface area contributed by atoms with E-state index in [9.17, 15) is 9.59 Å². The molecular formula is C18H20N2O5. The summed E-state index contributed by atoms with van der Waals surface area (Å²) in [6.07, 6.45) is 0.915. The number of carbonyl (C=O) groups excluding carboxylic acids is 1. The standard InChI is InChI=1S/C18H20N2O5/c1-11(16(25-3)12-4-6-14(24-2)7-5-12)20-17(21)15-10-13(18(22)23)8-9-19-15/h4-11,16H,1-3H3,(H,20,21)(H,22,23). The number of aromatic nitrogens is 1. The number of nitrogens with zero attached hydrogens (tertiary/aromatic N) is 1. The predicted molar refractivity (Wildman–Crippen MR) is 90.9 cm³/mol. The molecule has 7 nitrogen and oxygen atoms in total. The van der Waals surface area contributed by atoms with Crippen LogP contribution < -0.4 is 10.1 Å². The summed E-state index contributed by atoms with van der Waals surface area (Å²) in [5, 5.41) is 11.8. The largest absolute Gasteiger partial charge is 0.497 e. The maximum atomic E-state index is 12.3. The minimum atomic E-state index is -1.11. The molecule has 2 rings (SSSR count). The number of aromatic carboxylic acids is 1. The minimum Gasteiger partial charge on any atom is -0.497 e. The Morgan fingerprint density at radius 1 is 1.16 bits per heavy atom. The van der Waals surface area contributed by atoms with E-state index in [-0.39, 0.29) is 23.4 Å². The van der Waals surface area contributed by atoms with Crippen molar-refractivity contribution in [2.24, 2.45) is 0 Å². The molecule has 1 heterocycles. The number of amides is 1. The van der Waals surface area contributed by atoms with E-state index in [2.05, 4.69) is 10.3 Å². The SMILES string of the molecule is COc1ccc(C(OC)C(C)NC(=O)c2cc(C(=O)O)ccn2)cc1. The normalized spacial score (nSPS) is 12.9. The molecule has 0 radical (unpaired) electrons. The number of carboxylic acids is 1. The van der Waals surface area contributed by atoms with Gasteiger partial charge in [-0.2, -0.15) is 0 Å². The fraction of sp³-hybridized carbons (Fsp3) is 0.278. The molecule has 2 aromatic rings. The fourth-order valence-electron chi connectivity index (χ4n) is 2.47. The average molecular weight is 344 g/mol. The van der Waals surface area contributed by atoms with Crippen LogP contribution in [0.4, 0.5) is 0 Å². The van der Waals surface area contributed by atoms with Crippen molar-refractivity contribution in [2.45, 2.75) is 19.1 Å². The van der Waals surface area contributed by atoms with Crippen LogP contribution in [0.5, 0.6) is 5.75 Å². The highest BCUT2D eigenvalue weighted by Crippen LogP contribution is 2.23. The van der Waals surface area contributed by atoms with E-state index in [1.54, 1.807) is 21.1 Å². The first-order chi connectivity index (χ1) is 12.0. The van der Waals surface area contributed by atoms with Crippen LogP contribution in [0.3, 0.4) is 0 Å². The number of benzene rings is 1. The number of hydrogen-bond acceptors (Lipinski definition) is 5. The maximum Gasteiger partial charge on any atom is 0.335 e. The molecule has 2 N–H and O–H groups in total. The van der Waals surface area contributed by atoms with Gasteiger partial charge in [0.25, 0.3) is 5.91 Å². The number of ether oxygens (including phenoxy) is 2. The molecule has 2 unspecified atom stereocenters. The lowest BCUT2D eigenvalue weighted by molar-refractivity contribution is 0.0642. The van der Waals surface area contributed by atoms with E-state index in [0.717, 1.165) is 11.3 Å². The molecule has 7 heteroatoms. The molecule has 1 amide bonds. The Kier molecular flexibility index (Phi) is 6.08. The molecule has 0 fully saturated rings. The molecule has 0 aliphatic heterocycles. The first kappa shape index (κ1) is 18.4. The fourth-order valence-corrected chi connectivity index (χ4v) is 2.47. The Hall–Kier alpha value is -2.93. The summed E-state index contributed by atoms with van der Waals surface area (Å²) in [6.45, 7) is 1.80. The third-order valence-corrected chi connectivity index (χ3v) is 3.75. The number of hydrogen-bond donors (Lipinski definition) is 2. The van der Waals surface area contributed by atoms with E-state index < -0.39 is 11.9 Å². The molecule has 0 saturated heterocycles. The molecule has 2 atom stereocenters. The quantitative estimate of drug-likeness (QED) is 0.800. The van der Waals surface area contributed by atoms with Crippen molar-refractivity contribution >= 4 is 11.9 Å². The molecule has 0 saturated carbocycles. The lowest BCUT2D eigenvalue weighted by Crippen LogP contribution is -2.38. The van der Waals surface area contributed by atoms with Crippen LogP contribution in [0.25, 0.3) is 0 Å². The van der Waals surface area contributed by atoms with Gasteiger partial charge in [0.1, 0.15) is 17.5 Å². The van der Waals surface area contributed by atoms with Crippen LogP contribution in [0.2, 0.25) is 0 Å². The number of methoxy groups -OCH3 is 2. The van der Waals surface area contributed by atoms with Crippen molar-refractivity contribution in [3.05, 3.63) is 59.4 Å². The second-order valence-corrected chi connectivity index (χ2v) is 5.43. The van der Waals surface area contributed by atoms with Crippen LogP contribution in [0, 0.1) is 0 Å². The van der Waals surface area contributed by atoms with Crippen LogP contribution >= 0.6 is 0 Å². The van der Waals surface area contributed by atoms with Crippen molar-refractivity contribution in [1.29, 1.82) is 0 Å². The highest BCUT2D eigenvalue weighted by Gasteiger charge is 2.22. The lowest BCUT2D eigenvalue weighted by Gasteiger charge is -2.24. The van der Waals surface area contributed by atoms with Gasteiger partial charge in [0.2, 0.25) is 0 Å². The first-order valence-corrected chi connectivity index (χ1v) is 7.63. The molecule has 25 heavy (non-hydrogen) atoms. The second-order valence-electron chi connectivity index (χ2n) is 5.43. The molecule has 1 aromatic heterocycles. The maximum absolute atomic E-state index is 12.3. The zero-order chi connectivity index (χ0) is 18.4. The number of nitrogens with one attached hydrogen (secondary N) is 1. The number of rotatable bonds is 7. The van der Waals surface area contributed by atoms with Crippen molar-refractivity contribution in [2.75, 3.05) is 14.2 Å². The van der Waals surface area contributed by atoms with E-state index >= 15 is 0 Å². The van der Waals surface area contributed by atoms with Crippen molar-refractivity contribution in [3.8, 4) is 5.75 Å². The van der Waals surface area contributed by atoms with E-state index in [1.165, 1.54) is 18.3 Å². The van der Waals surface area contributed by atoms with Crippen LogP contribution in [0.1, 0.15) is 39.4 Å². The minimum absolute atomic E-state index is 0.00579. The molecule has 1 aromatic carbocycles. The molecular weight excluding hydrogens is 324 g/mol. The number of carboxylic acid groups (broad SMARTS) is 1. The van der Waals surface area contributed by atoms with E-state index in [1.807, 2.05) is 24.3 Å². The van der Waals surface area contributed by atoms with Gasteiger partial charge < -0.3 is 19.9 Å². The van der Waals surface area contributed by atoms with Gasteiger partial charge in [-0.3, -0.25) is 9.78 Å². The number of pyridine rings is 1. The van der Waals surface area contributed by atoms with Crippen molar-refractivity contribution in [3.63, 3.8) is 0 Å². The molecule has 0 spiro atoms. The third kappa shape index (κ3) is 4.54. The van der Waals surface area contributed by atoms with Crippen LogP contribution in [0.15, 0.2) is 42.6 Å². The summed E-state index contributed by atoms with van der Waals surface area (Å²) in [6, 6.07) is 9.55. The first-order valence-electron chi connectivity index (χ1n) is 7.63. The van der Waals surface area contributed by atoms with Gasteiger partial charge in [-0.25, -0.2) is 4.79 Å².